The van der Waals surface area contributed by atoms with Gasteiger partial charge in [-0.2, -0.15) is 0 Å². The number of rotatable bonds is 8. The minimum atomic E-state index is -2.02. The van der Waals surface area contributed by atoms with E-state index in [-0.39, 0.29) is 0 Å². The normalized spacial score (nSPS) is 13.5. The van der Waals surface area contributed by atoms with Crippen molar-refractivity contribution in [3.8, 4) is 0 Å². The zero-order valence-corrected chi connectivity index (χ0v) is 25.9. The molecule has 0 fully saturated rings. The summed E-state index contributed by atoms with van der Waals surface area (Å²) in [4.78, 5) is 15.3. The van der Waals surface area contributed by atoms with Crippen LogP contribution in [0.2, 0.25) is 29.6 Å². The van der Waals surface area contributed by atoms with Crippen LogP contribution in [0.1, 0.15) is 39.5 Å². The SMILES string of the molecule is CC(C)CCCCCn1c2c[c]([Sn]([CH3])([CH3])[CH3])sc2c2s[c]([Sn]([CH3])([CH3])[CH3])cc21. The van der Waals surface area contributed by atoms with Crippen molar-refractivity contribution in [2.24, 2.45) is 5.92 Å². The van der Waals surface area contributed by atoms with Crippen LogP contribution < -0.4 is 5.79 Å². The first kappa shape index (κ1) is 22.5. The molecule has 3 rings (SSSR count). The summed E-state index contributed by atoms with van der Waals surface area (Å²) in [5.74, 6) is 0.840. The summed E-state index contributed by atoms with van der Waals surface area (Å²) < 4.78 is 9.36. The van der Waals surface area contributed by atoms with Crippen molar-refractivity contribution in [1.29, 1.82) is 0 Å². The Hall–Kier alpha value is 0.797. The summed E-state index contributed by atoms with van der Waals surface area (Å²) in [5, 5.41) is 0. The fourth-order valence-electron chi connectivity index (χ4n) is 3.60. The molecule has 0 aliphatic rings. The topological polar surface area (TPSA) is 4.93 Å². The molecular formula is C22H37NS2Sn2. The van der Waals surface area contributed by atoms with Gasteiger partial charge in [-0.15, -0.1) is 0 Å². The van der Waals surface area contributed by atoms with Crippen molar-refractivity contribution < 1.29 is 0 Å². The Morgan fingerprint density at radius 3 is 1.67 bits per heavy atom. The molecule has 0 saturated heterocycles. The van der Waals surface area contributed by atoms with Crippen molar-refractivity contribution in [3.05, 3.63) is 12.1 Å². The van der Waals surface area contributed by atoms with Crippen LogP contribution in [0.15, 0.2) is 12.1 Å². The Bertz CT molecular complexity index is 850. The molecule has 3 heterocycles. The van der Waals surface area contributed by atoms with Gasteiger partial charge in [-0.25, -0.2) is 0 Å². The molecule has 0 N–H and O–H groups in total. The van der Waals surface area contributed by atoms with Crippen molar-refractivity contribution in [2.45, 2.75) is 75.7 Å². The third-order valence-corrected chi connectivity index (χ3v) is 26.6. The predicted molar refractivity (Wildman–Crippen MR) is 134 cm³/mol. The zero-order chi connectivity index (χ0) is 20.0. The van der Waals surface area contributed by atoms with E-state index in [0.717, 1.165) is 5.92 Å². The van der Waals surface area contributed by atoms with E-state index in [9.17, 15) is 0 Å². The molecule has 150 valence electrons. The van der Waals surface area contributed by atoms with Gasteiger partial charge in [-0.05, 0) is 0 Å². The molecule has 1 nitrogen and oxygen atoms in total. The van der Waals surface area contributed by atoms with E-state index in [1.165, 1.54) is 32.2 Å². The number of thiophene rings is 2. The molecule has 0 radical (unpaired) electrons. The van der Waals surface area contributed by atoms with E-state index in [2.05, 4.69) is 82.9 Å². The number of hydrogen-bond donors (Lipinski definition) is 0. The molecule has 0 bridgehead atoms. The number of fused-ring (bicyclic) bond motifs is 3. The summed E-state index contributed by atoms with van der Waals surface area (Å²) in [5.41, 5.74) is 3.09. The molecule has 0 amide bonds. The fraction of sp³-hybridized carbons (Fsp3) is 0.636. The maximum absolute atomic E-state index is 2.69. The molecule has 0 spiro atoms. The standard InChI is InChI=1S/C16H19NS2.6CH3.2Sn/c1-12(2)6-4-3-5-9-17-13-7-10-18-15(13)16-14(17)8-11-19-16;;;;;;;;/h7-8,12H,3-6,9H2,1-2H3;6*1H3;;. The number of hydrogen-bond acceptors (Lipinski definition) is 2. The molecule has 0 aliphatic carbocycles. The fourth-order valence-corrected chi connectivity index (χ4v) is 16.4. The average Bonchev–Trinajstić information content (AvgIpc) is 3.17. The zero-order valence-electron chi connectivity index (χ0n) is 18.5. The molecule has 0 atom stereocenters. The van der Waals surface area contributed by atoms with Crippen LogP contribution >= 0.6 is 22.7 Å². The summed E-state index contributed by atoms with van der Waals surface area (Å²) in [6, 6.07) is 5.16. The van der Waals surface area contributed by atoms with Crippen LogP contribution in [-0.4, -0.2) is 41.3 Å². The quantitative estimate of drug-likeness (QED) is 0.186. The Balaban J connectivity index is 1.98. The van der Waals surface area contributed by atoms with Crippen molar-refractivity contribution >= 4 is 85.6 Å². The second-order valence-corrected chi connectivity index (χ2v) is 43.5. The number of aromatic nitrogens is 1. The first-order chi connectivity index (χ1) is 12.5. The Labute approximate surface area is 182 Å². The second kappa shape index (κ2) is 8.50. The predicted octanol–water partition coefficient (Wildman–Crippen LogP) is 7.22. The Morgan fingerprint density at radius 1 is 0.778 bits per heavy atom. The van der Waals surface area contributed by atoms with Gasteiger partial charge in [0, 0.05) is 0 Å². The van der Waals surface area contributed by atoms with Gasteiger partial charge in [0.1, 0.15) is 0 Å². The summed E-state index contributed by atoms with van der Waals surface area (Å²) in [6.07, 6.45) is 5.44. The van der Waals surface area contributed by atoms with Gasteiger partial charge in [-0.3, -0.25) is 0 Å². The molecule has 0 unspecified atom stereocenters. The van der Waals surface area contributed by atoms with Crippen molar-refractivity contribution in [3.63, 3.8) is 0 Å². The van der Waals surface area contributed by atoms with Crippen LogP contribution in [0.4, 0.5) is 0 Å². The van der Waals surface area contributed by atoms with E-state index in [0.29, 0.717) is 0 Å². The van der Waals surface area contributed by atoms with Gasteiger partial charge in [0.05, 0.1) is 0 Å². The van der Waals surface area contributed by atoms with Gasteiger partial charge >= 0.3 is 184 Å². The molecule has 3 aromatic rings. The average molecular weight is 617 g/mol. The van der Waals surface area contributed by atoms with E-state index >= 15 is 0 Å². The third kappa shape index (κ3) is 5.11. The Morgan fingerprint density at radius 2 is 1.26 bits per heavy atom. The van der Waals surface area contributed by atoms with E-state index in [4.69, 9.17) is 0 Å². The maximum atomic E-state index is 2.69. The summed E-state index contributed by atoms with van der Waals surface area (Å²) >= 11 is 0.230. The van der Waals surface area contributed by atoms with E-state index in [1.54, 1.807) is 26.2 Å². The number of nitrogens with zero attached hydrogens (tertiary/aromatic N) is 1. The second-order valence-electron chi connectivity index (χ2n) is 10.5. The van der Waals surface area contributed by atoms with E-state index in [1.807, 2.05) is 0 Å². The molecule has 5 heteroatoms. The molecular weight excluding hydrogens is 580 g/mol. The van der Waals surface area contributed by atoms with Gasteiger partial charge < -0.3 is 0 Å². The van der Waals surface area contributed by atoms with Gasteiger partial charge in [0.15, 0.2) is 0 Å². The number of unbranched alkanes of at least 4 members (excludes halogenated alkanes) is 2. The molecule has 27 heavy (non-hydrogen) atoms. The van der Waals surface area contributed by atoms with Gasteiger partial charge in [0.2, 0.25) is 0 Å². The summed E-state index contributed by atoms with van der Waals surface area (Å²) in [7, 11) is 0. The first-order valence-corrected chi connectivity index (χ1v) is 32.2. The van der Waals surface area contributed by atoms with Crippen LogP contribution in [0, 0.1) is 5.92 Å². The number of aryl methyl sites for hydroxylation is 1. The Kier molecular flexibility index (Phi) is 7.08. The van der Waals surface area contributed by atoms with Crippen molar-refractivity contribution in [1.82, 2.24) is 4.57 Å². The minimum absolute atomic E-state index is 0.840. The third-order valence-electron chi connectivity index (χ3n) is 5.35. The van der Waals surface area contributed by atoms with Gasteiger partial charge in [-0.1, -0.05) is 0 Å². The molecule has 3 aromatic heterocycles. The van der Waals surface area contributed by atoms with Crippen LogP contribution in [0.5, 0.6) is 0 Å². The van der Waals surface area contributed by atoms with Gasteiger partial charge in [0.25, 0.3) is 0 Å². The molecule has 0 aromatic carbocycles. The van der Waals surface area contributed by atoms with Crippen LogP contribution in [0.3, 0.4) is 0 Å². The van der Waals surface area contributed by atoms with Crippen molar-refractivity contribution in [2.75, 3.05) is 0 Å². The van der Waals surface area contributed by atoms with Crippen LogP contribution in [-0.2, 0) is 6.54 Å². The monoisotopic (exact) mass is 619 g/mol. The first-order valence-electron chi connectivity index (χ1n) is 10.5. The van der Waals surface area contributed by atoms with E-state index < -0.39 is 36.8 Å². The summed E-state index contributed by atoms with van der Waals surface area (Å²) in [6.45, 7) is 5.88. The van der Waals surface area contributed by atoms with Crippen LogP contribution in [0.25, 0.3) is 20.4 Å². The molecule has 0 saturated carbocycles. The molecule has 0 aliphatic heterocycles.